The lowest BCUT2D eigenvalue weighted by atomic mass is 10.4. The van der Waals surface area contributed by atoms with Crippen LogP contribution in [0, 0.1) is 0 Å². The molecule has 0 spiro atoms. The van der Waals surface area contributed by atoms with E-state index in [0.717, 1.165) is 17.4 Å². The van der Waals surface area contributed by atoms with Gasteiger partial charge in [0.25, 0.3) is 0 Å². The average molecular weight is 223 g/mol. The van der Waals surface area contributed by atoms with E-state index in [1.807, 2.05) is 18.7 Å². The minimum atomic E-state index is -0.668. The molecular weight excluding hydrogens is 206 g/mol. The predicted octanol–water partition coefficient (Wildman–Crippen LogP) is 0.700. The van der Waals surface area contributed by atoms with E-state index in [9.17, 15) is 0 Å². The van der Waals surface area contributed by atoms with E-state index in [-0.39, 0.29) is 6.61 Å². The first-order valence-corrected chi connectivity index (χ1v) is 5.75. The molecule has 78 valence electrons. The molecular formula is C8H17NO2S2. The molecule has 0 heterocycles. The van der Waals surface area contributed by atoms with E-state index in [1.54, 1.807) is 0 Å². The summed E-state index contributed by atoms with van der Waals surface area (Å²) in [4.78, 5) is 2.05. The van der Waals surface area contributed by atoms with Gasteiger partial charge in [0.1, 0.15) is 4.32 Å². The van der Waals surface area contributed by atoms with E-state index in [2.05, 4.69) is 0 Å². The highest BCUT2D eigenvalue weighted by molar-refractivity contribution is 8.22. The SMILES string of the molecule is CCN(CC)C(=S)SC[C@H](O)CO. The third-order valence-corrected chi connectivity index (χ3v) is 3.30. The minimum absolute atomic E-state index is 0.201. The largest absolute Gasteiger partial charge is 0.394 e. The molecule has 0 aliphatic heterocycles. The summed E-state index contributed by atoms with van der Waals surface area (Å²) < 4.78 is 0.789. The van der Waals surface area contributed by atoms with E-state index in [1.165, 1.54) is 11.8 Å². The standard InChI is InChI=1S/C8H17NO2S2/c1-3-9(4-2)8(12)13-6-7(11)5-10/h7,10-11H,3-6H2,1-2H3/t7-/m1/s1. The molecule has 5 heteroatoms. The molecule has 0 amide bonds. The predicted molar refractivity (Wildman–Crippen MR) is 61.1 cm³/mol. The van der Waals surface area contributed by atoms with Gasteiger partial charge in [-0.05, 0) is 13.8 Å². The van der Waals surface area contributed by atoms with Crippen LogP contribution < -0.4 is 0 Å². The van der Waals surface area contributed by atoms with Crippen molar-refractivity contribution in [1.82, 2.24) is 4.90 Å². The van der Waals surface area contributed by atoms with Crippen LogP contribution in [0.3, 0.4) is 0 Å². The smallest absolute Gasteiger partial charge is 0.136 e. The summed E-state index contributed by atoms with van der Waals surface area (Å²) in [5.74, 6) is 0.464. The Kier molecular flexibility index (Phi) is 7.65. The monoisotopic (exact) mass is 223 g/mol. The number of thioether (sulfide) groups is 1. The van der Waals surface area contributed by atoms with Crippen molar-refractivity contribution >= 4 is 28.3 Å². The average Bonchev–Trinajstić information content (AvgIpc) is 2.16. The second-order valence-corrected chi connectivity index (χ2v) is 4.24. The highest BCUT2D eigenvalue weighted by atomic mass is 32.2. The maximum absolute atomic E-state index is 9.09. The Labute approximate surface area is 89.1 Å². The topological polar surface area (TPSA) is 43.7 Å². The van der Waals surface area contributed by atoms with Crippen LogP contribution in [0.1, 0.15) is 13.8 Å². The Morgan fingerprint density at radius 1 is 1.46 bits per heavy atom. The van der Waals surface area contributed by atoms with Crippen LogP contribution in [0.25, 0.3) is 0 Å². The number of aliphatic hydroxyl groups is 2. The third kappa shape index (κ3) is 5.46. The first-order valence-electron chi connectivity index (χ1n) is 4.36. The van der Waals surface area contributed by atoms with E-state index in [0.29, 0.717) is 5.75 Å². The Hall–Kier alpha value is 0.160. The zero-order valence-electron chi connectivity index (χ0n) is 8.06. The first-order chi connectivity index (χ1) is 6.15. The van der Waals surface area contributed by atoms with Gasteiger partial charge in [0.2, 0.25) is 0 Å². The van der Waals surface area contributed by atoms with Crippen molar-refractivity contribution in [3.05, 3.63) is 0 Å². The molecule has 2 N–H and O–H groups in total. The molecule has 0 bridgehead atoms. The Morgan fingerprint density at radius 2 is 2.00 bits per heavy atom. The van der Waals surface area contributed by atoms with Gasteiger partial charge in [0.05, 0.1) is 12.7 Å². The van der Waals surface area contributed by atoms with Crippen LogP contribution in [-0.4, -0.2) is 51.0 Å². The Bertz CT molecular complexity index is 151. The number of rotatable bonds is 5. The summed E-state index contributed by atoms with van der Waals surface area (Å²) in [5, 5.41) is 17.7. The normalized spacial score (nSPS) is 12.6. The van der Waals surface area contributed by atoms with Gasteiger partial charge in [0.15, 0.2) is 0 Å². The van der Waals surface area contributed by atoms with Gasteiger partial charge < -0.3 is 15.1 Å². The number of hydrogen-bond acceptors (Lipinski definition) is 4. The van der Waals surface area contributed by atoms with Gasteiger partial charge in [-0.1, -0.05) is 24.0 Å². The van der Waals surface area contributed by atoms with E-state index >= 15 is 0 Å². The second-order valence-electron chi connectivity index (χ2n) is 2.59. The van der Waals surface area contributed by atoms with Crippen molar-refractivity contribution in [2.75, 3.05) is 25.4 Å². The molecule has 0 aliphatic rings. The van der Waals surface area contributed by atoms with E-state index in [4.69, 9.17) is 22.4 Å². The molecule has 0 aliphatic carbocycles. The molecule has 0 fully saturated rings. The molecule has 0 aromatic carbocycles. The molecule has 0 rings (SSSR count). The van der Waals surface area contributed by atoms with Crippen LogP contribution in [-0.2, 0) is 0 Å². The lowest BCUT2D eigenvalue weighted by molar-refractivity contribution is 0.114. The summed E-state index contributed by atoms with van der Waals surface area (Å²) in [6, 6.07) is 0. The Morgan fingerprint density at radius 3 is 2.38 bits per heavy atom. The van der Waals surface area contributed by atoms with Gasteiger partial charge >= 0.3 is 0 Å². The number of aliphatic hydroxyl groups excluding tert-OH is 2. The molecule has 0 radical (unpaired) electrons. The fraction of sp³-hybridized carbons (Fsp3) is 0.875. The maximum atomic E-state index is 9.09. The van der Waals surface area contributed by atoms with Crippen LogP contribution in [0.4, 0.5) is 0 Å². The van der Waals surface area contributed by atoms with Crippen molar-refractivity contribution in [2.24, 2.45) is 0 Å². The van der Waals surface area contributed by atoms with Crippen molar-refractivity contribution in [3.63, 3.8) is 0 Å². The minimum Gasteiger partial charge on any atom is -0.394 e. The lowest BCUT2D eigenvalue weighted by Crippen LogP contribution is -2.28. The molecule has 3 nitrogen and oxygen atoms in total. The van der Waals surface area contributed by atoms with Crippen LogP contribution in [0.2, 0.25) is 0 Å². The zero-order chi connectivity index (χ0) is 10.3. The lowest BCUT2D eigenvalue weighted by Gasteiger charge is -2.21. The van der Waals surface area contributed by atoms with Gasteiger partial charge in [-0.2, -0.15) is 0 Å². The number of nitrogens with zero attached hydrogens (tertiary/aromatic N) is 1. The highest BCUT2D eigenvalue weighted by Crippen LogP contribution is 2.10. The summed E-state index contributed by atoms with van der Waals surface area (Å²) in [7, 11) is 0. The van der Waals surface area contributed by atoms with Gasteiger partial charge in [-0.25, -0.2) is 0 Å². The summed E-state index contributed by atoms with van der Waals surface area (Å²) in [5.41, 5.74) is 0. The number of hydrogen-bond donors (Lipinski definition) is 2. The van der Waals surface area contributed by atoms with Crippen molar-refractivity contribution in [3.8, 4) is 0 Å². The molecule has 0 saturated heterocycles. The van der Waals surface area contributed by atoms with Crippen molar-refractivity contribution < 1.29 is 10.2 Å². The first kappa shape index (κ1) is 13.2. The van der Waals surface area contributed by atoms with Gasteiger partial charge in [-0.3, -0.25) is 0 Å². The molecule has 0 aromatic rings. The maximum Gasteiger partial charge on any atom is 0.136 e. The van der Waals surface area contributed by atoms with Crippen LogP contribution >= 0.6 is 24.0 Å². The van der Waals surface area contributed by atoms with Crippen LogP contribution in [0.5, 0.6) is 0 Å². The molecule has 13 heavy (non-hydrogen) atoms. The fourth-order valence-corrected chi connectivity index (χ4v) is 2.14. The fourth-order valence-electron chi connectivity index (χ4n) is 0.793. The summed E-state index contributed by atoms with van der Waals surface area (Å²) in [6.45, 7) is 5.65. The molecule has 0 saturated carbocycles. The second kappa shape index (κ2) is 7.55. The third-order valence-electron chi connectivity index (χ3n) is 1.63. The van der Waals surface area contributed by atoms with Gasteiger partial charge in [-0.15, -0.1) is 0 Å². The van der Waals surface area contributed by atoms with E-state index < -0.39 is 6.10 Å². The molecule has 0 aromatic heterocycles. The summed E-state index contributed by atoms with van der Waals surface area (Å²) in [6.07, 6.45) is -0.668. The summed E-state index contributed by atoms with van der Waals surface area (Å²) >= 11 is 6.55. The number of thiocarbonyl (C=S) groups is 1. The van der Waals surface area contributed by atoms with Crippen molar-refractivity contribution in [2.45, 2.75) is 20.0 Å². The molecule has 0 unspecified atom stereocenters. The van der Waals surface area contributed by atoms with Crippen LogP contribution in [0.15, 0.2) is 0 Å². The zero-order valence-corrected chi connectivity index (χ0v) is 9.70. The highest BCUT2D eigenvalue weighted by Gasteiger charge is 2.08. The molecule has 1 atom stereocenters. The van der Waals surface area contributed by atoms with Gasteiger partial charge in [0, 0.05) is 18.8 Å². The quantitative estimate of drug-likeness (QED) is 0.672. The Balaban J connectivity index is 3.72. The van der Waals surface area contributed by atoms with Crippen molar-refractivity contribution in [1.29, 1.82) is 0 Å².